The van der Waals surface area contributed by atoms with Gasteiger partial charge < -0.3 is 10.6 Å². The van der Waals surface area contributed by atoms with Gasteiger partial charge in [-0.1, -0.05) is 27.2 Å². The minimum atomic E-state index is -0.212. The Morgan fingerprint density at radius 3 is 2.90 bits per heavy atom. The molecule has 2 aromatic rings. The van der Waals surface area contributed by atoms with Crippen LogP contribution in [-0.4, -0.2) is 40.5 Å². The maximum absolute atomic E-state index is 12.1. The van der Waals surface area contributed by atoms with Gasteiger partial charge in [0.25, 0.3) is 5.91 Å². The number of nitrogens with zero attached hydrogens (tertiary/aromatic N) is 3. The van der Waals surface area contributed by atoms with Crippen molar-refractivity contribution in [3.8, 4) is 5.69 Å². The van der Waals surface area contributed by atoms with Gasteiger partial charge in [-0.25, -0.2) is 4.68 Å². The van der Waals surface area contributed by atoms with E-state index in [1.807, 2.05) is 45.2 Å². The smallest absolute Gasteiger partial charge is 0.273 e. The Labute approximate surface area is 132 Å². The lowest BCUT2D eigenvalue weighted by Gasteiger charge is -2.10. The number of likely N-dealkylation sites (N-methyl/N-ethyl adjacent to an activating group) is 1. The van der Waals surface area contributed by atoms with Crippen LogP contribution in [0, 0.1) is 6.92 Å². The standard InChI is InChI=1S/C14H18BrN5O/c1-9(16-3)8-17-14(21)13-10(2)20(19-18-13)12-6-4-5-11(15)7-12/h4-7,9,16H,8H2,1-3H3,(H,17,21). The number of aromatic nitrogens is 3. The first-order chi connectivity index (χ1) is 10.0. The first-order valence-corrected chi connectivity index (χ1v) is 7.46. The number of carbonyl (C=O) groups is 1. The van der Waals surface area contributed by atoms with Gasteiger partial charge in [0.1, 0.15) is 0 Å². The molecule has 1 aromatic heterocycles. The lowest BCUT2D eigenvalue weighted by atomic mass is 10.2. The lowest BCUT2D eigenvalue weighted by Crippen LogP contribution is -2.37. The monoisotopic (exact) mass is 351 g/mol. The van der Waals surface area contributed by atoms with Crippen LogP contribution in [0.4, 0.5) is 0 Å². The molecule has 0 fully saturated rings. The zero-order valence-corrected chi connectivity index (χ0v) is 13.8. The summed E-state index contributed by atoms with van der Waals surface area (Å²) in [6.45, 7) is 4.36. The van der Waals surface area contributed by atoms with Crippen LogP contribution in [0.2, 0.25) is 0 Å². The molecule has 0 radical (unpaired) electrons. The van der Waals surface area contributed by atoms with Gasteiger partial charge in [-0.15, -0.1) is 5.10 Å². The van der Waals surface area contributed by atoms with Crippen LogP contribution < -0.4 is 10.6 Å². The van der Waals surface area contributed by atoms with Gasteiger partial charge in [0, 0.05) is 17.1 Å². The Hall–Kier alpha value is -1.73. The number of halogens is 1. The topological polar surface area (TPSA) is 71.8 Å². The molecule has 21 heavy (non-hydrogen) atoms. The summed E-state index contributed by atoms with van der Waals surface area (Å²) in [7, 11) is 1.85. The predicted octanol–water partition coefficient (Wildman–Crippen LogP) is 1.68. The second-order valence-electron chi connectivity index (χ2n) is 4.81. The number of hydrogen-bond donors (Lipinski definition) is 2. The summed E-state index contributed by atoms with van der Waals surface area (Å²) in [4.78, 5) is 12.1. The molecule has 6 nitrogen and oxygen atoms in total. The molecule has 0 aliphatic rings. The zero-order valence-electron chi connectivity index (χ0n) is 12.2. The molecule has 0 aliphatic heterocycles. The second-order valence-corrected chi connectivity index (χ2v) is 5.73. The molecule has 1 atom stereocenters. The van der Waals surface area contributed by atoms with E-state index in [9.17, 15) is 4.79 Å². The van der Waals surface area contributed by atoms with Gasteiger partial charge in [0.15, 0.2) is 5.69 Å². The number of benzene rings is 1. The molecular weight excluding hydrogens is 334 g/mol. The molecule has 0 aliphatic carbocycles. The summed E-state index contributed by atoms with van der Waals surface area (Å²) in [5.41, 5.74) is 1.91. The van der Waals surface area contributed by atoms with Crippen molar-refractivity contribution in [3.05, 3.63) is 40.1 Å². The molecule has 112 valence electrons. The van der Waals surface area contributed by atoms with Crippen molar-refractivity contribution in [2.75, 3.05) is 13.6 Å². The van der Waals surface area contributed by atoms with E-state index in [4.69, 9.17) is 0 Å². The molecule has 0 bridgehead atoms. The first kappa shape index (κ1) is 15.7. The Morgan fingerprint density at radius 1 is 1.48 bits per heavy atom. The summed E-state index contributed by atoms with van der Waals surface area (Å²) in [6.07, 6.45) is 0. The van der Waals surface area contributed by atoms with E-state index in [0.717, 1.165) is 10.2 Å². The highest BCUT2D eigenvalue weighted by molar-refractivity contribution is 9.10. The molecule has 2 rings (SSSR count). The summed E-state index contributed by atoms with van der Waals surface area (Å²) in [5.74, 6) is -0.212. The number of amides is 1. The van der Waals surface area contributed by atoms with Gasteiger partial charge >= 0.3 is 0 Å². The van der Waals surface area contributed by atoms with Crippen molar-refractivity contribution in [2.45, 2.75) is 19.9 Å². The van der Waals surface area contributed by atoms with Crippen molar-refractivity contribution in [2.24, 2.45) is 0 Å². The van der Waals surface area contributed by atoms with E-state index in [1.54, 1.807) is 4.68 Å². The van der Waals surface area contributed by atoms with Crippen LogP contribution in [0.25, 0.3) is 5.69 Å². The van der Waals surface area contributed by atoms with Crippen molar-refractivity contribution < 1.29 is 4.79 Å². The highest BCUT2D eigenvalue weighted by atomic mass is 79.9. The minimum Gasteiger partial charge on any atom is -0.349 e. The quantitative estimate of drug-likeness (QED) is 0.859. The fourth-order valence-corrected chi connectivity index (χ4v) is 2.21. The van der Waals surface area contributed by atoms with Crippen molar-refractivity contribution in [1.29, 1.82) is 0 Å². The third kappa shape index (κ3) is 3.68. The van der Waals surface area contributed by atoms with Gasteiger partial charge in [0.05, 0.1) is 11.4 Å². The summed E-state index contributed by atoms with van der Waals surface area (Å²) in [6, 6.07) is 7.88. The summed E-state index contributed by atoms with van der Waals surface area (Å²) >= 11 is 3.42. The molecule has 1 heterocycles. The Kier molecular flexibility index (Phi) is 5.08. The molecule has 0 spiro atoms. The summed E-state index contributed by atoms with van der Waals surface area (Å²) in [5, 5.41) is 14.0. The second kappa shape index (κ2) is 6.82. The van der Waals surface area contributed by atoms with Gasteiger partial charge in [-0.3, -0.25) is 4.79 Å². The van der Waals surface area contributed by atoms with E-state index < -0.39 is 0 Å². The van der Waals surface area contributed by atoms with Gasteiger partial charge in [0.2, 0.25) is 0 Å². The predicted molar refractivity (Wildman–Crippen MR) is 84.7 cm³/mol. The minimum absolute atomic E-state index is 0.203. The van der Waals surface area contributed by atoms with E-state index in [0.29, 0.717) is 17.9 Å². The molecular formula is C14H18BrN5O. The third-order valence-electron chi connectivity index (χ3n) is 3.22. The highest BCUT2D eigenvalue weighted by Gasteiger charge is 2.17. The Bertz CT molecular complexity index is 640. The van der Waals surface area contributed by atoms with Gasteiger partial charge in [-0.05, 0) is 39.1 Å². The number of nitrogens with one attached hydrogen (secondary N) is 2. The van der Waals surface area contributed by atoms with Crippen LogP contribution in [0.15, 0.2) is 28.7 Å². The van der Waals surface area contributed by atoms with E-state index in [2.05, 4.69) is 36.9 Å². The van der Waals surface area contributed by atoms with Crippen LogP contribution in [0.3, 0.4) is 0 Å². The van der Waals surface area contributed by atoms with E-state index in [-0.39, 0.29) is 11.9 Å². The van der Waals surface area contributed by atoms with Gasteiger partial charge in [-0.2, -0.15) is 0 Å². The van der Waals surface area contributed by atoms with Crippen molar-refractivity contribution >= 4 is 21.8 Å². The molecule has 1 unspecified atom stereocenters. The van der Waals surface area contributed by atoms with Crippen molar-refractivity contribution in [1.82, 2.24) is 25.6 Å². The van der Waals surface area contributed by atoms with Crippen LogP contribution in [0.5, 0.6) is 0 Å². The number of hydrogen-bond acceptors (Lipinski definition) is 4. The molecule has 2 N–H and O–H groups in total. The zero-order chi connectivity index (χ0) is 15.4. The molecule has 1 aromatic carbocycles. The average molecular weight is 352 g/mol. The number of rotatable bonds is 5. The fraction of sp³-hybridized carbons (Fsp3) is 0.357. The molecule has 0 saturated carbocycles. The average Bonchev–Trinajstić information content (AvgIpc) is 2.86. The SMILES string of the molecule is CNC(C)CNC(=O)c1nnn(-c2cccc(Br)c2)c1C. The Morgan fingerprint density at radius 2 is 2.24 bits per heavy atom. The maximum atomic E-state index is 12.1. The van der Waals surface area contributed by atoms with Crippen LogP contribution in [0.1, 0.15) is 23.1 Å². The fourth-order valence-electron chi connectivity index (χ4n) is 1.82. The normalized spacial score (nSPS) is 12.2. The molecule has 7 heteroatoms. The van der Waals surface area contributed by atoms with Crippen LogP contribution in [-0.2, 0) is 0 Å². The van der Waals surface area contributed by atoms with E-state index in [1.165, 1.54) is 0 Å². The third-order valence-corrected chi connectivity index (χ3v) is 3.72. The molecule has 1 amide bonds. The van der Waals surface area contributed by atoms with E-state index >= 15 is 0 Å². The first-order valence-electron chi connectivity index (χ1n) is 6.66. The van der Waals surface area contributed by atoms with Crippen LogP contribution >= 0.6 is 15.9 Å². The Balaban J connectivity index is 2.19. The largest absolute Gasteiger partial charge is 0.349 e. The lowest BCUT2D eigenvalue weighted by molar-refractivity contribution is 0.0945. The number of carbonyl (C=O) groups excluding carboxylic acids is 1. The summed E-state index contributed by atoms with van der Waals surface area (Å²) < 4.78 is 2.60. The molecule has 0 saturated heterocycles. The van der Waals surface area contributed by atoms with Crippen molar-refractivity contribution in [3.63, 3.8) is 0 Å². The maximum Gasteiger partial charge on any atom is 0.273 e. The highest BCUT2D eigenvalue weighted by Crippen LogP contribution is 2.17.